The van der Waals surface area contributed by atoms with Crippen molar-refractivity contribution in [2.75, 3.05) is 20.3 Å². The number of carboxylic acids is 2. The maximum Gasteiger partial charge on any atom is 0.303 e. The number of rotatable bonds is 19. The summed E-state index contributed by atoms with van der Waals surface area (Å²) in [5, 5.41) is 18.0. The first-order valence-corrected chi connectivity index (χ1v) is 13.9. The molecule has 0 bridgehead atoms. The van der Waals surface area contributed by atoms with Crippen LogP contribution in [0, 0.1) is 0 Å². The highest BCUT2D eigenvalue weighted by Gasteiger charge is 2.12. The van der Waals surface area contributed by atoms with Gasteiger partial charge in [-0.3, -0.25) is 9.59 Å². The molecule has 0 heterocycles. The van der Waals surface area contributed by atoms with Gasteiger partial charge in [0.15, 0.2) is 0 Å². The second-order valence-corrected chi connectivity index (χ2v) is 9.81. The van der Waals surface area contributed by atoms with Crippen LogP contribution < -0.4 is 9.47 Å². The molecule has 0 aliphatic heterocycles. The van der Waals surface area contributed by atoms with Crippen molar-refractivity contribution in [1.29, 1.82) is 0 Å². The summed E-state index contributed by atoms with van der Waals surface area (Å²) in [4.78, 5) is 22.0. The van der Waals surface area contributed by atoms with Crippen molar-refractivity contribution in [3.8, 4) is 22.6 Å². The van der Waals surface area contributed by atoms with E-state index in [1.807, 2.05) is 42.5 Å². The van der Waals surface area contributed by atoms with Gasteiger partial charge in [0.2, 0.25) is 0 Å². The first-order chi connectivity index (χ1) is 19.5. The Morgan fingerprint density at radius 3 is 2.20 bits per heavy atom. The summed E-state index contributed by atoms with van der Waals surface area (Å²) >= 11 is 0. The Morgan fingerprint density at radius 1 is 0.700 bits per heavy atom. The van der Waals surface area contributed by atoms with E-state index in [2.05, 4.69) is 24.3 Å². The number of hydrogen-bond acceptors (Lipinski definition) is 5. The molecule has 0 unspecified atom stereocenters. The SMILES string of the molecule is COCc1cc(OCCCCCCc2cccc(OCCCC(=O)O)c2CCC(=O)O)cc(-c2ccccc2)c1. The van der Waals surface area contributed by atoms with Crippen LogP contribution in [-0.4, -0.2) is 42.5 Å². The van der Waals surface area contributed by atoms with Gasteiger partial charge in [0, 0.05) is 20.0 Å². The number of benzene rings is 3. The Labute approximate surface area is 236 Å². The molecule has 7 nitrogen and oxygen atoms in total. The summed E-state index contributed by atoms with van der Waals surface area (Å²) in [6.07, 6.45) is 5.67. The standard InChI is InChI=1S/C33H40O7/c1-38-24-25-21-28(26-11-6-4-7-12-26)23-29(22-25)39-19-8-3-2-5-13-27-14-9-15-31(30(27)17-18-33(36)37)40-20-10-16-32(34)35/h4,6-7,9,11-12,14-15,21-23H,2-3,5,8,10,13,16-20,24H2,1H3,(H,34,35)(H,36,37). The van der Waals surface area contributed by atoms with Crippen molar-refractivity contribution >= 4 is 11.9 Å². The summed E-state index contributed by atoms with van der Waals surface area (Å²) < 4.78 is 17.3. The zero-order valence-electron chi connectivity index (χ0n) is 23.3. The van der Waals surface area contributed by atoms with Crippen LogP contribution in [0.3, 0.4) is 0 Å². The summed E-state index contributed by atoms with van der Waals surface area (Å²) in [6, 6.07) is 22.3. The Morgan fingerprint density at radius 2 is 1.45 bits per heavy atom. The molecular formula is C33H40O7. The van der Waals surface area contributed by atoms with E-state index < -0.39 is 11.9 Å². The lowest BCUT2D eigenvalue weighted by Gasteiger charge is -2.15. The van der Waals surface area contributed by atoms with Gasteiger partial charge in [-0.1, -0.05) is 55.3 Å². The van der Waals surface area contributed by atoms with E-state index in [0.717, 1.165) is 65.7 Å². The van der Waals surface area contributed by atoms with Crippen LogP contribution in [0.4, 0.5) is 0 Å². The molecule has 0 amide bonds. The molecule has 214 valence electrons. The number of ether oxygens (including phenoxy) is 3. The molecule has 0 aliphatic rings. The van der Waals surface area contributed by atoms with Crippen LogP contribution in [0.15, 0.2) is 66.7 Å². The van der Waals surface area contributed by atoms with Gasteiger partial charge >= 0.3 is 11.9 Å². The van der Waals surface area contributed by atoms with Crippen molar-refractivity contribution in [2.45, 2.75) is 64.4 Å². The van der Waals surface area contributed by atoms with Crippen LogP contribution in [0.2, 0.25) is 0 Å². The summed E-state index contributed by atoms with van der Waals surface area (Å²) in [5.41, 5.74) is 5.33. The molecule has 3 aromatic rings. The van der Waals surface area contributed by atoms with Gasteiger partial charge in [-0.25, -0.2) is 0 Å². The quantitative estimate of drug-likeness (QED) is 0.156. The van der Waals surface area contributed by atoms with Crippen molar-refractivity contribution in [1.82, 2.24) is 0 Å². The van der Waals surface area contributed by atoms with Crippen molar-refractivity contribution in [3.63, 3.8) is 0 Å². The van der Waals surface area contributed by atoms with Crippen LogP contribution >= 0.6 is 0 Å². The third-order valence-corrected chi connectivity index (χ3v) is 6.61. The molecule has 0 fully saturated rings. The molecule has 2 N–H and O–H groups in total. The van der Waals surface area contributed by atoms with Crippen LogP contribution in [0.5, 0.6) is 11.5 Å². The van der Waals surface area contributed by atoms with E-state index in [9.17, 15) is 14.7 Å². The second kappa shape index (κ2) is 17.0. The van der Waals surface area contributed by atoms with Gasteiger partial charge in [0.05, 0.1) is 19.8 Å². The maximum atomic E-state index is 11.2. The Kier molecular flexibility index (Phi) is 13.0. The zero-order chi connectivity index (χ0) is 28.6. The third-order valence-electron chi connectivity index (χ3n) is 6.61. The van der Waals surface area contributed by atoms with E-state index in [1.165, 1.54) is 0 Å². The first kappa shape index (κ1) is 30.7. The topological polar surface area (TPSA) is 102 Å². The van der Waals surface area contributed by atoms with Crippen LogP contribution in [0.25, 0.3) is 11.1 Å². The predicted molar refractivity (Wildman–Crippen MR) is 155 cm³/mol. The largest absolute Gasteiger partial charge is 0.494 e. The molecule has 7 heteroatoms. The van der Waals surface area contributed by atoms with Crippen molar-refractivity contribution in [2.24, 2.45) is 0 Å². The summed E-state index contributed by atoms with van der Waals surface area (Å²) in [6.45, 7) is 1.45. The monoisotopic (exact) mass is 548 g/mol. The minimum absolute atomic E-state index is 0.0252. The molecule has 0 saturated carbocycles. The lowest BCUT2D eigenvalue weighted by Crippen LogP contribution is -2.07. The fourth-order valence-corrected chi connectivity index (χ4v) is 4.65. The van der Waals surface area contributed by atoms with Gasteiger partial charge in [0.1, 0.15) is 11.5 Å². The molecule has 3 rings (SSSR count). The summed E-state index contributed by atoms with van der Waals surface area (Å²) in [7, 11) is 1.69. The molecule has 3 aromatic carbocycles. The minimum Gasteiger partial charge on any atom is -0.494 e. The van der Waals surface area contributed by atoms with Gasteiger partial charge in [-0.2, -0.15) is 0 Å². The zero-order valence-corrected chi connectivity index (χ0v) is 23.3. The maximum absolute atomic E-state index is 11.2. The number of aryl methyl sites for hydroxylation is 1. The predicted octanol–water partition coefficient (Wildman–Crippen LogP) is 6.94. The third kappa shape index (κ3) is 10.7. The first-order valence-electron chi connectivity index (χ1n) is 13.9. The molecule has 0 radical (unpaired) electrons. The number of hydrogen-bond donors (Lipinski definition) is 2. The highest BCUT2D eigenvalue weighted by Crippen LogP contribution is 2.28. The second-order valence-electron chi connectivity index (χ2n) is 9.81. The number of unbranched alkanes of at least 4 members (excludes halogenated alkanes) is 3. The number of carboxylic acid groups (broad SMARTS) is 2. The molecule has 0 spiro atoms. The highest BCUT2D eigenvalue weighted by molar-refractivity contribution is 5.68. The smallest absolute Gasteiger partial charge is 0.303 e. The van der Waals surface area contributed by atoms with Crippen molar-refractivity contribution < 1.29 is 34.0 Å². The van der Waals surface area contributed by atoms with Gasteiger partial charge in [0.25, 0.3) is 0 Å². The summed E-state index contributed by atoms with van der Waals surface area (Å²) in [5.74, 6) is -0.208. The molecule has 0 aromatic heterocycles. The average molecular weight is 549 g/mol. The van der Waals surface area contributed by atoms with E-state index in [1.54, 1.807) is 7.11 Å². The minimum atomic E-state index is -0.856. The lowest BCUT2D eigenvalue weighted by molar-refractivity contribution is -0.138. The van der Waals surface area contributed by atoms with Gasteiger partial charge < -0.3 is 24.4 Å². The number of methoxy groups -OCH3 is 1. The molecule has 0 atom stereocenters. The van der Waals surface area contributed by atoms with Gasteiger partial charge in [-0.15, -0.1) is 0 Å². The number of carbonyl (C=O) groups is 2. The van der Waals surface area contributed by atoms with Crippen LogP contribution in [0.1, 0.15) is 61.6 Å². The number of aliphatic carboxylic acids is 2. The molecule has 0 saturated heterocycles. The lowest BCUT2D eigenvalue weighted by atomic mass is 9.97. The van der Waals surface area contributed by atoms with E-state index in [0.29, 0.717) is 31.8 Å². The van der Waals surface area contributed by atoms with Crippen molar-refractivity contribution in [3.05, 3.63) is 83.4 Å². The van der Waals surface area contributed by atoms with Crippen LogP contribution in [-0.2, 0) is 33.8 Å². The average Bonchev–Trinajstić information content (AvgIpc) is 2.94. The normalized spacial score (nSPS) is 10.8. The van der Waals surface area contributed by atoms with E-state index in [-0.39, 0.29) is 19.4 Å². The van der Waals surface area contributed by atoms with E-state index in [4.69, 9.17) is 19.3 Å². The Hall–Kier alpha value is -3.84. The molecular weight excluding hydrogens is 508 g/mol. The molecule has 40 heavy (non-hydrogen) atoms. The molecule has 0 aliphatic carbocycles. The Balaban J connectivity index is 1.48. The fourth-order valence-electron chi connectivity index (χ4n) is 4.65. The fraction of sp³-hybridized carbons (Fsp3) is 0.394. The Bertz CT molecular complexity index is 1210. The highest BCUT2D eigenvalue weighted by atomic mass is 16.5. The van der Waals surface area contributed by atoms with E-state index >= 15 is 0 Å². The van der Waals surface area contributed by atoms with Gasteiger partial charge in [-0.05, 0) is 84.2 Å².